The summed E-state index contributed by atoms with van der Waals surface area (Å²) in [5.41, 5.74) is 2.96. The Morgan fingerprint density at radius 3 is 3.08 bits per heavy atom. The van der Waals surface area contributed by atoms with Crippen molar-refractivity contribution in [1.82, 2.24) is 0 Å². The maximum atomic E-state index is 10.3. The van der Waals surface area contributed by atoms with E-state index in [0.717, 1.165) is 12.7 Å². The van der Waals surface area contributed by atoms with E-state index < -0.39 is 0 Å². The third kappa shape index (κ3) is 1.64. The number of benzene rings is 1. The Morgan fingerprint density at radius 1 is 1.38 bits per heavy atom. The molecule has 0 aromatic heterocycles. The minimum absolute atomic E-state index is 0.640. The summed E-state index contributed by atoms with van der Waals surface area (Å²) < 4.78 is 0. The molecule has 0 spiro atoms. The minimum Gasteiger partial charge on any atom is -0.303 e. The van der Waals surface area contributed by atoms with E-state index in [-0.39, 0.29) is 0 Å². The van der Waals surface area contributed by atoms with Gasteiger partial charge in [-0.25, -0.2) is 0 Å². The molecule has 0 saturated carbocycles. The molecule has 1 atom stereocenters. The zero-order valence-corrected chi connectivity index (χ0v) is 7.70. The summed E-state index contributed by atoms with van der Waals surface area (Å²) in [6, 6.07) is 8.60. The second-order valence-corrected chi connectivity index (χ2v) is 3.68. The van der Waals surface area contributed by atoms with Crippen molar-refractivity contribution in [3.8, 4) is 0 Å². The van der Waals surface area contributed by atoms with Gasteiger partial charge in [-0.05, 0) is 36.3 Å². The minimum atomic E-state index is 0.640. The van der Waals surface area contributed by atoms with Gasteiger partial charge in [0.25, 0.3) is 0 Å². The molecule has 0 fully saturated rings. The van der Waals surface area contributed by atoms with Gasteiger partial charge in [-0.3, -0.25) is 0 Å². The summed E-state index contributed by atoms with van der Waals surface area (Å²) in [7, 11) is 0. The van der Waals surface area contributed by atoms with Crippen LogP contribution in [0.4, 0.5) is 0 Å². The van der Waals surface area contributed by atoms with Crippen LogP contribution < -0.4 is 0 Å². The highest BCUT2D eigenvalue weighted by molar-refractivity contribution is 5.49. The standard InChI is InChI=1S/C12H14O/c13-9-3-5-11-8-7-10-4-1-2-6-12(10)11/h1-2,4,6,9,11H,3,5,7-8H2. The van der Waals surface area contributed by atoms with Crippen LogP contribution in [-0.4, -0.2) is 6.29 Å². The molecule has 0 N–H and O–H groups in total. The zero-order chi connectivity index (χ0) is 9.10. The molecule has 13 heavy (non-hydrogen) atoms. The molecule has 0 aliphatic heterocycles. The maximum Gasteiger partial charge on any atom is 0.120 e. The molecule has 0 amide bonds. The average Bonchev–Trinajstić information content (AvgIpc) is 2.58. The Morgan fingerprint density at radius 2 is 2.23 bits per heavy atom. The molecule has 1 nitrogen and oxygen atoms in total. The Kier molecular flexibility index (Phi) is 2.44. The van der Waals surface area contributed by atoms with Gasteiger partial charge in [0.15, 0.2) is 0 Å². The van der Waals surface area contributed by atoms with E-state index in [2.05, 4.69) is 24.3 Å². The average molecular weight is 174 g/mol. The molecular weight excluding hydrogens is 160 g/mol. The van der Waals surface area contributed by atoms with E-state index in [9.17, 15) is 4.79 Å². The summed E-state index contributed by atoms with van der Waals surface area (Å²) in [5, 5.41) is 0. The van der Waals surface area contributed by atoms with E-state index >= 15 is 0 Å². The van der Waals surface area contributed by atoms with E-state index in [4.69, 9.17) is 0 Å². The molecule has 68 valence electrons. The van der Waals surface area contributed by atoms with Crippen molar-refractivity contribution in [2.45, 2.75) is 31.6 Å². The number of rotatable bonds is 3. The molecule has 0 bridgehead atoms. The Hall–Kier alpha value is -1.11. The summed E-state index contributed by atoms with van der Waals surface area (Å²) in [6.07, 6.45) is 5.19. The number of hydrogen-bond acceptors (Lipinski definition) is 1. The number of aldehydes is 1. The van der Waals surface area contributed by atoms with Crippen molar-refractivity contribution in [3.05, 3.63) is 35.4 Å². The van der Waals surface area contributed by atoms with Gasteiger partial charge < -0.3 is 4.79 Å². The highest BCUT2D eigenvalue weighted by Crippen LogP contribution is 2.35. The number of carbonyl (C=O) groups is 1. The van der Waals surface area contributed by atoms with E-state index in [1.165, 1.54) is 24.0 Å². The van der Waals surface area contributed by atoms with Gasteiger partial charge >= 0.3 is 0 Å². The summed E-state index contributed by atoms with van der Waals surface area (Å²) in [4.78, 5) is 10.3. The first kappa shape index (κ1) is 8.49. The lowest BCUT2D eigenvalue weighted by Gasteiger charge is -2.08. The first-order valence-corrected chi connectivity index (χ1v) is 4.93. The number of hydrogen-bond donors (Lipinski definition) is 0. The largest absolute Gasteiger partial charge is 0.303 e. The molecule has 1 heteroatoms. The van der Waals surface area contributed by atoms with Crippen LogP contribution in [-0.2, 0) is 11.2 Å². The van der Waals surface area contributed by atoms with Crippen LogP contribution in [0.2, 0.25) is 0 Å². The van der Waals surface area contributed by atoms with Crippen molar-refractivity contribution in [2.75, 3.05) is 0 Å². The van der Waals surface area contributed by atoms with Crippen LogP contribution in [0, 0.1) is 0 Å². The fraction of sp³-hybridized carbons (Fsp3) is 0.417. The third-order valence-corrected chi connectivity index (χ3v) is 2.89. The maximum absolute atomic E-state index is 10.3. The lowest BCUT2D eigenvalue weighted by atomic mass is 9.97. The lowest BCUT2D eigenvalue weighted by molar-refractivity contribution is -0.108. The normalized spacial score (nSPS) is 19.8. The van der Waals surface area contributed by atoms with Gasteiger partial charge in [-0.1, -0.05) is 24.3 Å². The molecule has 0 saturated heterocycles. The van der Waals surface area contributed by atoms with Crippen LogP contribution in [0.25, 0.3) is 0 Å². The Bertz CT molecular complexity index is 304. The van der Waals surface area contributed by atoms with Crippen LogP contribution in [0.3, 0.4) is 0 Å². The molecule has 1 unspecified atom stereocenters. The predicted molar refractivity (Wildman–Crippen MR) is 52.8 cm³/mol. The SMILES string of the molecule is O=CCCC1CCc2ccccc21. The van der Waals surface area contributed by atoms with Crippen molar-refractivity contribution < 1.29 is 4.79 Å². The van der Waals surface area contributed by atoms with Gasteiger partial charge in [-0.15, -0.1) is 0 Å². The fourth-order valence-electron chi connectivity index (χ4n) is 2.21. The van der Waals surface area contributed by atoms with E-state index in [0.29, 0.717) is 12.3 Å². The quantitative estimate of drug-likeness (QED) is 0.644. The van der Waals surface area contributed by atoms with Crippen LogP contribution >= 0.6 is 0 Å². The second-order valence-electron chi connectivity index (χ2n) is 3.68. The summed E-state index contributed by atoms with van der Waals surface area (Å²) in [5.74, 6) is 0.640. The highest BCUT2D eigenvalue weighted by Gasteiger charge is 2.20. The van der Waals surface area contributed by atoms with Gasteiger partial charge in [0.1, 0.15) is 6.29 Å². The molecule has 1 aromatic carbocycles. The zero-order valence-electron chi connectivity index (χ0n) is 7.70. The van der Waals surface area contributed by atoms with Crippen molar-refractivity contribution >= 4 is 6.29 Å². The third-order valence-electron chi connectivity index (χ3n) is 2.89. The molecule has 2 rings (SSSR count). The van der Waals surface area contributed by atoms with Crippen LogP contribution in [0.1, 0.15) is 36.3 Å². The molecule has 0 heterocycles. The highest BCUT2D eigenvalue weighted by atomic mass is 16.1. The van der Waals surface area contributed by atoms with Gasteiger partial charge in [-0.2, -0.15) is 0 Å². The Balaban J connectivity index is 2.13. The molecule has 1 aliphatic carbocycles. The Labute approximate surface area is 78.8 Å². The number of fused-ring (bicyclic) bond motifs is 1. The second kappa shape index (κ2) is 3.73. The lowest BCUT2D eigenvalue weighted by Crippen LogP contribution is -1.93. The van der Waals surface area contributed by atoms with Crippen LogP contribution in [0.5, 0.6) is 0 Å². The van der Waals surface area contributed by atoms with E-state index in [1.54, 1.807) is 0 Å². The van der Waals surface area contributed by atoms with Crippen LogP contribution in [0.15, 0.2) is 24.3 Å². The van der Waals surface area contributed by atoms with Crippen molar-refractivity contribution in [1.29, 1.82) is 0 Å². The fourth-order valence-corrected chi connectivity index (χ4v) is 2.21. The van der Waals surface area contributed by atoms with Gasteiger partial charge in [0.05, 0.1) is 0 Å². The van der Waals surface area contributed by atoms with Gasteiger partial charge in [0, 0.05) is 6.42 Å². The first-order chi connectivity index (χ1) is 6.42. The smallest absolute Gasteiger partial charge is 0.120 e. The van der Waals surface area contributed by atoms with Crippen molar-refractivity contribution in [2.24, 2.45) is 0 Å². The number of aryl methyl sites for hydroxylation is 1. The molecule has 0 radical (unpaired) electrons. The van der Waals surface area contributed by atoms with Gasteiger partial charge in [0.2, 0.25) is 0 Å². The first-order valence-electron chi connectivity index (χ1n) is 4.93. The topological polar surface area (TPSA) is 17.1 Å². The molecule has 1 aliphatic rings. The molecule has 1 aromatic rings. The number of carbonyl (C=O) groups excluding carboxylic acids is 1. The molecular formula is C12H14O. The summed E-state index contributed by atoms with van der Waals surface area (Å²) in [6.45, 7) is 0. The summed E-state index contributed by atoms with van der Waals surface area (Å²) >= 11 is 0. The monoisotopic (exact) mass is 174 g/mol. The predicted octanol–water partition coefficient (Wildman–Crippen LogP) is 2.70. The van der Waals surface area contributed by atoms with E-state index in [1.807, 2.05) is 0 Å². The van der Waals surface area contributed by atoms with Crippen molar-refractivity contribution in [3.63, 3.8) is 0 Å².